The molecular weight excluding hydrogens is 719 g/mol. The van der Waals surface area contributed by atoms with Crippen LogP contribution in [0.25, 0.3) is 0 Å². The number of nitrogens with one attached hydrogen (secondary N) is 1. The number of esters is 1. The van der Waals surface area contributed by atoms with Crippen LogP contribution in [0.2, 0.25) is 0 Å². The maximum absolute atomic E-state index is 13.1. The van der Waals surface area contributed by atoms with Gasteiger partial charge in [-0.05, 0) is 77.0 Å². The number of carbonyl (C=O) groups excluding carboxylic acids is 2. The lowest BCUT2D eigenvalue weighted by molar-refractivity contribution is -0.151. The van der Waals surface area contributed by atoms with E-state index in [1.807, 2.05) is 0 Å². The van der Waals surface area contributed by atoms with Crippen molar-refractivity contribution in [3.05, 3.63) is 36.5 Å². The summed E-state index contributed by atoms with van der Waals surface area (Å²) in [7, 11) is 0. The first kappa shape index (κ1) is 56.1. The Hall–Kier alpha value is -1.92. The minimum absolute atomic E-state index is 0.0646. The number of aliphatic hydroxyl groups excluding tert-OH is 2. The van der Waals surface area contributed by atoms with Crippen LogP contribution in [0.15, 0.2) is 36.5 Å². The number of allylic oxidation sites excluding steroid dienone is 6. The van der Waals surface area contributed by atoms with E-state index in [0.29, 0.717) is 19.3 Å². The summed E-state index contributed by atoms with van der Waals surface area (Å²) in [4.78, 5) is 26.0. The summed E-state index contributed by atoms with van der Waals surface area (Å²) in [6.07, 6.45) is 53.6. The first-order chi connectivity index (χ1) is 28.5. The van der Waals surface area contributed by atoms with Crippen molar-refractivity contribution in [2.24, 2.45) is 0 Å². The van der Waals surface area contributed by atoms with Gasteiger partial charge in [0.2, 0.25) is 5.91 Å². The van der Waals surface area contributed by atoms with E-state index in [9.17, 15) is 19.8 Å². The zero-order valence-corrected chi connectivity index (χ0v) is 38.7. The average molecular weight is 816 g/mol. The first-order valence-corrected chi connectivity index (χ1v) is 25.2. The van der Waals surface area contributed by atoms with E-state index in [1.54, 1.807) is 0 Å². The number of amides is 1. The molecule has 3 atom stereocenters. The van der Waals surface area contributed by atoms with Crippen molar-refractivity contribution < 1.29 is 24.5 Å². The molecular formula is C52H97NO5. The van der Waals surface area contributed by atoms with E-state index in [1.165, 1.54) is 122 Å². The fraction of sp³-hybridized carbons (Fsp3) is 0.846. The van der Waals surface area contributed by atoms with Crippen molar-refractivity contribution in [1.29, 1.82) is 0 Å². The normalized spacial score (nSPS) is 13.5. The van der Waals surface area contributed by atoms with E-state index in [0.717, 1.165) is 89.9 Å². The Morgan fingerprint density at radius 3 is 1.45 bits per heavy atom. The lowest BCUT2D eigenvalue weighted by Gasteiger charge is -2.24. The topological polar surface area (TPSA) is 95.9 Å². The zero-order valence-electron chi connectivity index (χ0n) is 38.7. The lowest BCUT2D eigenvalue weighted by atomic mass is 10.0. The third kappa shape index (κ3) is 40.8. The number of aliphatic hydroxyl groups is 2. The average Bonchev–Trinajstić information content (AvgIpc) is 3.22. The molecule has 0 saturated heterocycles. The van der Waals surface area contributed by atoms with Crippen molar-refractivity contribution in [3.8, 4) is 0 Å². The van der Waals surface area contributed by atoms with Gasteiger partial charge in [0.05, 0.1) is 25.2 Å². The molecule has 0 radical (unpaired) electrons. The van der Waals surface area contributed by atoms with Crippen LogP contribution in [0.5, 0.6) is 0 Å². The third-order valence-electron chi connectivity index (χ3n) is 11.4. The van der Waals surface area contributed by atoms with Crippen LogP contribution in [-0.4, -0.2) is 46.9 Å². The van der Waals surface area contributed by atoms with Crippen LogP contribution in [0, 0.1) is 0 Å². The molecule has 340 valence electrons. The highest BCUT2D eigenvalue weighted by molar-refractivity contribution is 5.77. The summed E-state index contributed by atoms with van der Waals surface area (Å²) in [5.41, 5.74) is 0. The van der Waals surface area contributed by atoms with Gasteiger partial charge in [0.1, 0.15) is 6.10 Å². The summed E-state index contributed by atoms with van der Waals surface area (Å²) in [6.45, 7) is 6.39. The smallest absolute Gasteiger partial charge is 0.306 e. The zero-order chi connectivity index (χ0) is 42.4. The van der Waals surface area contributed by atoms with Gasteiger partial charge in [-0.15, -0.1) is 0 Å². The molecule has 3 N–H and O–H groups in total. The van der Waals surface area contributed by atoms with E-state index < -0.39 is 18.2 Å². The Labute approximate surface area is 360 Å². The van der Waals surface area contributed by atoms with Gasteiger partial charge in [-0.1, -0.05) is 205 Å². The molecule has 0 aliphatic heterocycles. The summed E-state index contributed by atoms with van der Waals surface area (Å²) in [5.74, 6) is -0.496. The number of hydrogen-bond donors (Lipinski definition) is 3. The predicted octanol–water partition coefficient (Wildman–Crippen LogP) is 14.9. The molecule has 0 saturated carbocycles. The van der Waals surface area contributed by atoms with Gasteiger partial charge in [0, 0.05) is 6.42 Å². The summed E-state index contributed by atoms with van der Waals surface area (Å²) in [6, 6.07) is -0.704. The van der Waals surface area contributed by atoms with E-state index in [4.69, 9.17) is 4.74 Å². The number of ether oxygens (including phenoxy) is 1. The fourth-order valence-corrected chi connectivity index (χ4v) is 7.58. The second-order valence-corrected chi connectivity index (χ2v) is 17.2. The molecule has 0 rings (SSSR count). The number of unbranched alkanes of at least 4 members (excludes halogenated alkanes) is 27. The monoisotopic (exact) mass is 816 g/mol. The summed E-state index contributed by atoms with van der Waals surface area (Å²) < 4.78 is 5.89. The highest BCUT2D eigenvalue weighted by Gasteiger charge is 2.24. The van der Waals surface area contributed by atoms with Crippen molar-refractivity contribution in [2.75, 3.05) is 6.61 Å². The van der Waals surface area contributed by atoms with Crippen LogP contribution in [0.4, 0.5) is 0 Å². The minimum atomic E-state index is -0.790. The number of hydrogen-bond acceptors (Lipinski definition) is 5. The van der Waals surface area contributed by atoms with Crippen LogP contribution >= 0.6 is 0 Å². The van der Waals surface area contributed by atoms with Gasteiger partial charge in [0.15, 0.2) is 0 Å². The summed E-state index contributed by atoms with van der Waals surface area (Å²) in [5, 5.41) is 23.7. The highest BCUT2D eigenvalue weighted by Crippen LogP contribution is 2.17. The fourth-order valence-electron chi connectivity index (χ4n) is 7.58. The molecule has 0 aliphatic rings. The Bertz CT molecular complexity index is 961. The Morgan fingerprint density at radius 1 is 0.500 bits per heavy atom. The maximum Gasteiger partial charge on any atom is 0.306 e. The van der Waals surface area contributed by atoms with Crippen molar-refractivity contribution in [3.63, 3.8) is 0 Å². The van der Waals surface area contributed by atoms with Gasteiger partial charge in [-0.25, -0.2) is 0 Å². The molecule has 6 nitrogen and oxygen atoms in total. The molecule has 0 fully saturated rings. The van der Waals surface area contributed by atoms with Crippen LogP contribution in [0.1, 0.15) is 258 Å². The Kier molecular flexibility index (Phi) is 44.6. The number of carbonyl (C=O) groups is 2. The van der Waals surface area contributed by atoms with Crippen LogP contribution < -0.4 is 5.32 Å². The van der Waals surface area contributed by atoms with Gasteiger partial charge in [0.25, 0.3) is 0 Å². The molecule has 1 amide bonds. The first-order valence-electron chi connectivity index (χ1n) is 25.2. The van der Waals surface area contributed by atoms with Gasteiger partial charge >= 0.3 is 5.97 Å². The molecule has 0 aromatic heterocycles. The van der Waals surface area contributed by atoms with E-state index in [2.05, 4.69) is 62.5 Å². The van der Waals surface area contributed by atoms with E-state index in [-0.39, 0.29) is 24.9 Å². The minimum Gasteiger partial charge on any atom is -0.462 e. The van der Waals surface area contributed by atoms with Crippen molar-refractivity contribution in [2.45, 2.75) is 277 Å². The Balaban J connectivity index is 4.42. The van der Waals surface area contributed by atoms with Gasteiger partial charge in [-0.3, -0.25) is 9.59 Å². The quantitative estimate of drug-likeness (QED) is 0.0323. The molecule has 0 aliphatic carbocycles. The SMILES string of the molecule is CCC/C=C\CCCCCC(CC(=O)NC(CO)C(O)CCCCCCCCCCCCCCCC)OC(=O)CCCCCCCCC/C=C\C/C=C\CCCCC. The molecule has 0 bridgehead atoms. The largest absolute Gasteiger partial charge is 0.462 e. The molecule has 3 unspecified atom stereocenters. The van der Waals surface area contributed by atoms with Crippen molar-refractivity contribution >= 4 is 11.9 Å². The summed E-state index contributed by atoms with van der Waals surface area (Å²) >= 11 is 0. The molecule has 58 heavy (non-hydrogen) atoms. The second-order valence-electron chi connectivity index (χ2n) is 17.2. The number of rotatable bonds is 45. The molecule has 0 heterocycles. The highest BCUT2D eigenvalue weighted by atomic mass is 16.5. The van der Waals surface area contributed by atoms with Crippen LogP contribution in [-0.2, 0) is 14.3 Å². The predicted molar refractivity (Wildman–Crippen MR) is 250 cm³/mol. The van der Waals surface area contributed by atoms with Crippen LogP contribution in [0.3, 0.4) is 0 Å². The second kappa shape index (κ2) is 46.2. The van der Waals surface area contributed by atoms with E-state index >= 15 is 0 Å². The Morgan fingerprint density at radius 2 is 0.914 bits per heavy atom. The molecule has 0 aromatic rings. The standard InChI is InChI=1S/C52H97NO5/c1-4-7-10-13-16-19-21-23-25-26-27-29-31-33-36-39-42-45-52(57)58-48(43-40-37-34-18-15-12-9-6-3)46-51(56)53-49(47-54)50(55)44-41-38-35-32-30-28-24-22-20-17-14-11-8-5-2/h12,15-16,19,23,25,48-50,54-55H,4-11,13-14,17-18,20-22,24,26-47H2,1-3H3,(H,53,56)/b15-12-,19-16-,25-23-. The third-order valence-corrected chi connectivity index (χ3v) is 11.4. The maximum atomic E-state index is 13.1. The van der Waals surface area contributed by atoms with Gasteiger partial charge < -0.3 is 20.3 Å². The lowest BCUT2D eigenvalue weighted by Crippen LogP contribution is -2.46. The molecule has 0 spiro atoms. The van der Waals surface area contributed by atoms with Crippen molar-refractivity contribution in [1.82, 2.24) is 5.32 Å². The van der Waals surface area contributed by atoms with Gasteiger partial charge in [-0.2, -0.15) is 0 Å². The molecule has 6 heteroatoms. The molecule has 0 aromatic carbocycles.